The fraction of sp³-hybridized carbons (Fsp3) is 0.368. The third-order valence-electron chi connectivity index (χ3n) is 4.67. The van der Waals surface area contributed by atoms with E-state index >= 15 is 0 Å². The SMILES string of the molecule is Cc1ccc(-c2cnc3ccc(OC4CCCN(C)C4)nn23)cc1Cl. The summed E-state index contributed by atoms with van der Waals surface area (Å²) in [6, 6.07) is 9.83. The second kappa shape index (κ2) is 6.65. The molecular weight excluding hydrogens is 336 g/mol. The van der Waals surface area contributed by atoms with E-state index < -0.39 is 0 Å². The number of likely N-dealkylation sites (N-methyl/N-ethyl adjacent to an activating group) is 1. The molecule has 0 saturated carbocycles. The molecule has 6 heteroatoms. The Kier molecular flexibility index (Phi) is 4.36. The number of rotatable bonds is 3. The van der Waals surface area contributed by atoms with Crippen molar-refractivity contribution < 1.29 is 4.74 Å². The lowest BCUT2D eigenvalue weighted by atomic mass is 10.1. The minimum Gasteiger partial charge on any atom is -0.472 e. The highest BCUT2D eigenvalue weighted by Crippen LogP contribution is 2.26. The van der Waals surface area contributed by atoms with Crippen molar-refractivity contribution in [3.05, 3.63) is 47.1 Å². The van der Waals surface area contributed by atoms with Gasteiger partial charge in [-0.15, -0.1) is 5.10 Å². The first kappa shape index (κ1) is 16.4. The van der Waals surface area contributed by atoms with Crippen LogP contribution < -0.4 is 4.74 Å². The Hall–Kier alpha value is -2.11. The third-order valence-corrected chi connectivity index (χ3v) is 5.08. The van der Waals surface area contributed by atoms with Crippen LogP contribution in [0.25, 0.3) is 16.9 Å². The molecule has 1 fully saturated rings. The summed E-state index contributed by atoms with van der Waals surface area (Å²) in [6.45, 7) is 4.06. The van der Waals surface area contributed by atoms with Gasteiger partial charge in [0.05, 0.1) is 11.9 Å². The lowest BCUT2D eigenvalue weighted by Crippen LogP contribution is -2.38. The monoisotopic (exact) mass is 356 g/mol. The summed E-state index contributed by atoms with van der Waals surface area (Å²) in [5.41, 5.74) is 3.74. The van der Waals surface area contributed by atoms with Crippen LogP contribution in [0.5, 0.6) is 5.88 Å². The molecule has 1 atom stereocenters. The van der Waals surface area contributed by atoms with Gasteiger partial charge in [0, 0.05) is 23.2 Å². The van der Waals surface area contributed by atoms with Crippen LogP contribution in [0.4, 0.5) is 0 Å². The minimum absolute atomic E-state index is 0.185. The average molecular weight is 357 g/mol. The van der Waals surface area contributed by atoms with Crippen molar-refractivity contribution in [2.24, 2.45) is 0 Å². The normalized spacial score (nSPS) is 18.6. The number of imidazole rings is 1. The molecule has 3 heterocycles. The molecule has 1 aliphatic rings. The van der Waals surface area contributed by atoms with Crippen molar-refractivity contribution in [2.45, 2.75) is 25.9 Å². The van der Waals surface area contributed by atoms with Gasteiger partial charge in [-0.1, -0.05) is 23.7 Å². The van der Waals surface area contributed by atoms with E-state index in [1.165, 1.54) is 0 Å². The van der Waals surface area contributed by atoms with E-state index in [0.717, 1.165) is 53.4 Å². The van der Waals surface area contributed by atoms with Crippen LogP contribution in [-0.2, 0) is 0 Å². The summed E-state index contributed by atoms with van der Waals surface area (Å²) in [5.74, 6) is 0.630. The van der Waals surface area contributed by atoms with Gasteiger partial charge in [0.2, 0.25) is 5.88 Å². The number of nitrogens with zero attached hydrogens (tertiary/aromatic N) is 4. The molecule has 0 amide bonds. The predicted octanol–water partition coefficient (Wildman–Crippen LogP) is 3.83. The maximum atomic E-state index is 6.28. The lowest BCUT2D eigenvalue weighted by Gasteiger charge is -2.29. The molecule has 1 unspecified atom stereocenters. The van der Waals surface area contributed by atoms with Crippen molar-refractivity contribution >= 4 is 17.2 Å². The largest absolute Gasteiger partial charge is 0.472 e. The van der Waals surface area contributed by atoms with E-state index in [2.05, 4.69) is 22.0 Å². The summed E-state index contributed by atoms with van der Waals surface area (Å²) in [7, 11) is 2.13. The summed E-state index contributed by atoms with van der Waals surface area (Å²) in [6.07, 6.45) is 4.22. The predicted molar refractivity (Wildman–Crippen MR) is 99.3 cm³/mol. The van der Waals surface area contributed by atoms with Crippen molar-refractivity contribution in [1.29, 1.82) is 0 Å². The quantitative estimate of drug-likeness (QED) is 0.715. The minimum atomic E-state index is 0.185. The van der Waals surface area contributed by atoms with Gasteiger partial charge in [0.15, 0.2) is 5.65 Å². The Bertz CT molecular complexity index is 908. The average Bonchev–Trinajstić information content (AvgIpc) is 3.01. The number of halogens is 1. The van der Waals surface area contributed by atoms with Crippen LogP contribution in [-0.4, -0.2) is 45.7 Å². The van der Waals surface area contributed by atoms with Crippen LogP contribution in [0.3, 0.4) is 0 Å². The van der Waals surface area contributed by atoms with E-state index in [-0.39, 0.29) is 6.10 Å². The van der Waals surface area contributed by atoms with Crippen LogP contribution in [0.15, 0.2) is 36.5 Å². The van der Waals surface area contributed by atoms with E-state index in [1.807, 2.05) is 48.0 Å². The van der Waals surface area contributed by atoms with Crippen LogP contribution in [0.2, 0.25) is 5.02 Å². The maximum Gasteiger partial charge on any atom is 0.232 e. The van der Waals surface area contributed by atoms with Crippen molar-refractivity contribution in [3.8, 4) is 17.1 Å². The maximum absolute atomic E-state index is 6.28. The van der Waals surface area contributed by atoms with Gasteiger partial charge in [-0.05, 0) is 51.1 Å². The number of piperidine rings is 1. The van der Waals surface area contributed by atoms with E-state index in [1.54, 1.807) is 0 Å². The fourth-order valence-corrected chi connectivity index (χ4v) is 3.43. The molecule has 0 radical (unpaired) electrons. The Morgan fingerprint density at radius 1 is 1.24 bits per heavy atom. The van der Waals surface area contributed by atoms with Crippen LogP contribution in [0, 0.1) is 6.92 Å². The molecule has 1 aromatic carbocycles. The van der Waals surface area contributed by atoms with Crippen molar-refractivity contribution in [1.82, 2.24) is 19.5 Å². The molecule has 0 N–H and O–H groups in total. The Morgan fingerprint density at radius 2 is 2.12 bits per heavy atom. The van der Waals surface area contributed by atoms with Crippen LogP contribution >= 0.6 is 11.6 Å². The van der Waals surface area contributed by atoms with E-state index in [0.29, 0.717) is 5.88 Å². The number of ether oxygens (including phenoxy) is 1. The van der Waals surface area contributed by atoms with Gasteiger partial charge in [-0.3, -0.25) is 0 Å². The Labute approximate surface area is 152 Å². The number of fused-ring (bicyclic) bond motifs is 1. The molecule has 25 heavy (non-hydrogen) atoms. The highest BCUT2D eigenvalue weighted by Gasteiger charge is 2.19. The van der Waals surface area contributed by atoms with Gasteiger partial charge >= 0.3 is 0 Å². The Morgan fingerprint density at radius 3 is 2.92 bits per heavy atom. The molecule has 0 aliphatic carbocycles. The van der Waals surface area contributed by atoms with Gasteiger partial charge in [-0.2, -0.15) is 0 Å². The molecule has 130 valence electrons. The van der Waals surface area contributed by atoms with E-state index in [4.69, 9.17) is 16.3 Å². The summed E-state index contributed by atoms with van der Waals surface area (Å²) >= 11 is 6.28. The number of hydrogen-bond acceptors (Lipinski definition) is 4. The zero-order chi connectivity index (χ0) is 17.4. The molecule has 0 spiro atoms. The first-order valence-corrected chi connectivity index (χ1v) is 8.94. The first-order valence-electron chi connectivity index (χ1n) is 8.56. The van der Waals surface area contributed by atoms with Crippen molar-refractivity contribution in [3.63, 3.8) is 0 Å². The molecule has 0 bridgehead atoms. The highest BCUT2D eigenvalue weighted by atomic mass is 35.5. The molecule has 1 aliphatic heterocycles. The molecule has 5 nitrogen and oxygen atoms in total. The van der Waals surface area contributed by atoms with Crippen LogP contribution in [0.1, 0.15) is 18.4 Å². The number of aryl methyl sites for hydroxylation is 1. The zero-order valence-electron chi connectivity index (χ0n) is 14.4. The molecule has 2 aromatic heterocycles. The molecular formula is C19H21ClN4O. The third kappa shape index (κ3) is 3.34. The summed E-state index contributed by atoms with van der Waals surface area (Å²) < 4.78 is 7.93. The summed E-state index contributed by atoms with van der Waals surface area (Å²) in [5, 5.41) is 5.39. The topological polar surface area (TPSA) is 42.7 Å². The van der Waals surface area contributed by atoms with Gasteiger partial charge in [0.25, 0.3) is 0 Å². The molecule has 3 aromatic rings. The summed E-state index contributed by atoms with van der Waals surface area (Å²) in [4.78, 5) is 6.74. The molecule has 1 saturated heterocycles. The van der Waals surface area contributed by atoms with Crippen molar-refractivity contribution in [2.75, 3.05) is 20.1 Å². The van der Waals surface area contributed by atoms with Gasteiger partial charge < -0.3 is 9.64 Å². The van der Waals surface area contributed by atoms with Gasteiger partial charge in [0.1, 0.15) is 6.10 Å². The fourth-order valence-electron chi connectivity index (χ4n) is 3.25. The second-order valence-corrected chi connectivity index (χ2v) is 7.10. The Balaban J connectivity index is 1.66. The second-order valence-electron chi connectivity index (χ2n) is 6.69. The highest BCUT2D eigenvalue weighted by molar-refractivity contribution is 6.31. The number of likely N-dealkylation sites (tertiary alicyclic amines) is 1. The number of hydrogen-bond donors (Lipinski definition) is 0. The standard InChI is InChI=1S/C19H21ClN4O/c1-13-5-6-14(10-16(13)20)17-11-21-18-7-8-19(22-24(17)18)25-15-4-3-9-23(2)12-15/h5-8,10-11,15H,3-4,9,12H2,1-2H3. The smallest absolute Gasteiger partial charge is 0.232 e. The zero-order valence-corrected chi connectivity index (χ0v) is 15.2. The first-order chi connectivity index (χ1) is 12.1. The van der Waals surface area contributed by atoms with Gasteiger partial charge in [-0.25, -0.2) is 9.50 Å². The number of benzene rings is 1. The lowest BCUT2D eigenvalue weighted by molar-refractivity contribution is 0.0988. The van der Waals surface area contributed by atoms with E-state index in [9.17, 15) is 0 Å². The molecule has 4 rings (SSSR count). The number of aromatic nitrogens is 3.